The first kappa shape index (κ1) is 13.9. The van der Waals surface area contributed by atoms with E-state index in [2.05, 4.69) is 6.92 Å². The lowest BCUT2D eigenvalue weighted by Crippen LogP contribution is -2.33. The van der Waals surface area contributed by atoms with Crippen LogP contribution < -0.4 is 0 Å². The number of benzene rings is 1. The second-order valence-electron chi connectivity index (χ2n) is 3.73. The third kappa shape index (κ3) is 3.17. The summed E-state index contributed by atoms with van der Waals surface area (Å²) < 4.78 is 62.0. The lowest BCUT2D eigenvalue weighted by Gasteiger charge is -2.19. The number of alkyl halides is 5. The summed E-state index contributed by atoms with van der Waals surface area (Å²) in [6.07, 6.45) is -3.46. The molecule has 0 spiro atoms. The molecular weight excluding hydrogens is 239 g/mol. The number of halogens is 5. The van der Waals surface area contributed by atoms with Crippen LogP contribution >= 0.6 is 0 Å². The third-order valence-electron chi connectivity index (χ3n) is 2.39. The maximum atomic E-state index is 12.9. The molecule has 0 amide bonds. The summed E-state index contributed by atoms with van der Waals surface area (Å²) in [5.41, 5.74) is -0.293. The van der Waals surface area contributed by atoms with Gasteiger partial charge in [0.1, 0.15) is 0 Å². The lowest BCUT2D eigenvalue weighted by molar-refractivity contribution is -0.289. The molecule has 0 aliphatic rings. The summed E-state index contributed by atoms with van der Waals surface area (Å²) in [7, 11) is 0. The van der Waals surface area contributed by atoms with Gasteiger partial charge in [-0.05, 0) is 18.4 Å². The average molecular weight is 251 g/mol. The van der Waals surface area contributed by atoms with Crippen molar-refractivity contribution in [2.24, 2.45) is 0 Å². The number of hydrogen-bond acceptors (Lipinski definition) is 0. The molecule has 0 atom stereocenters. The predicted octanol–water partition coefficient (Wildman–Crippen LogP) is 4.50. The molecular formula is C12H12F5. The minimum atomic E-state index is -5.55. The summed E-state index contributed by atoms with van der Waals surface area (Å²) in [4.78, 5) is 0. The highest BCUT2D eigenvalue weighted by Gasteiger charge is 2.58. The molecule has 95 valence electrons. The van der Waals surface area contributed by atoms with Gasteiger partial charge >= 0.3 is 12.1 Å². The van der Waals surface area contributed by atoms with E-state index in [0.29, 0.717) is 12.8 Å². The molecule has 0 heterocycles. The normalized spacial score (nSPS) is 12.8. The van der Waals surface area contributed by atoms with E-state index in [9.17, 15) is 22.0 Å². The van der Waals surface area contributed by atoms with Crippen LogP contribution in [0.2, 0.25) is 0 Å². The van der Waals surface area contributed by atoms with Crippen molar-refractivity contribution >= 4 is 0 Å². The Bertz CT molecular complexity index is 350. The molecule has 0 saturated carbocycles. The molecule has 0 fully saturated rings. The minimum Gasteiger partial charge on any atom is -0.191 e. The summed E-state index contributed by atoms with van der Waals surface area (Å²) in [6.45, 7) is 3.62. The van der Waals surface area contributed by atoms with Gasteiger partial charge in [-0.15, -0.1) is 0 Å². The molecule has 0 aromatic heterocycles. The Balaban J connectivity index is 2.87. The first-order valence-electron chi connectivity index (χ1n) is 5.12. The molecule has 0 bridgehead atoms. The fourth-order valence-electron chi connectivity index (χ4n) is 1.37. The fraction of sp³-hybridized carbons (Fsp3) is 0.417. The van der Waals surface area contributed by atoms with E-state index in [1.165, 1.54) is 12.1 Å². The zero-order valence-corrected chi connectivity index (χ0v) is 9.03. The molecule has 0 aliphatic carbocycles. The van der Waals surface area contributed by atoms with Gasteiger partial charge in [0.05, 0.1) is 0 Å². The first-order valence-corrected chi connectivity index (χ1v) is 5.12. The number of hydrogen-bond donors (Lipinski definition) is 0. The Morgan fingerprint density at radius 1 is 0.941 bits per heavy atom. The van der Waals surface area contributed by atoms with Crippen LogP contribution in [-0.4, -0.2) is 6.18 Å². The maximum Gasteiger partial charge on any atom is 0.458 e. The van der Waals surface area contributed by atoms with E-state index in [1.54, 1.807) is 0 Å². The van der Waals surface area contributed by atoms with Gasteiger partial charge in [0.25, 0.3) is 0 Å². The van der Waals surface area contributed by atoms with Gasteiger partial charge in [0, 0.05) is 5.56 Å². The topological polar surface area (TPSA) is 0 Å². The van der Waals surface area contributed by atoms with Crippen molar-refractivity contribution in [3.05, 3.63) is 42.3 Å². The standard InChI is InChI=1S/C12H12F5/c1-2-3-4-9-5-7-10(8-6-9)11(13,14)12(15,16)17/h5-8H,1-4H2. The van der Waals surface area contributed by atoms with Crippen LogP contribution in [0.25, 0.3) is 0 Å². The van der Waals surface area contributed by atoms with Crippen molar-refractivity contribution in [3.63, 3.8) is 0 Å². The van der Waals surface area contributed by atoms with Gasteiger partial charge in [-0.2, -0.15) is 22.0 Å². The first-order chi connectivity index (χ1) is 7.79. The highest BCUT2D eigenvalue weighted by molar-refractivity contribution is 5.27. The van der Waals surface area contributed by atoms with Crippen LogP contribution in [0.3, 0.4) is 0 Å². The quantitative estimate of drug-likeness (QED) is 0.691. The Kier molecular flexibility index (Phi) is 4.11. The van der Waals surface area contributed by atoms with Crippen molar-refractivity contribution in [1.29, 1.82) is 0 Å². The highest BCUT2D eigenvalue weighted by atomic mass is 19.4. The molecule has 1 radical (unpaired) electrons. The Morgan fingerprint density at radius 2 is 1.47 bits per heavy atom. The summed E-state index contributed by atoms with van der Waals surface area (Å²) in [6, 6.07) is 4.24. The highest BCUT2D eigenvalue weighted by Crippen LogP contribution is 2.43. The summed E-state index contributed by atoms with van der Waals surface area (Å²) >= 11 is 0. The van der Waals surface area contributed by atoms with Gasteiger partial charge in [-0.3, -0.25) is 0 Å². The van der Waals surface area contributed by atoms with Crippen molar-refractivity contribution in [2.75, 3.05) is 0 Å². The van der Waals surface area contributed by atoms with E-state index in [-0.39, 0.29) is 0 Å². The monoisotopic (exact) mass is 251 g/mol. The molecule has 5 heteroatoms. The Morgan fingerprint density at radius 3 is 1.88 bits per heavy atom. The molecule has 0 aliphatic heterocycles. The summed E-state index contributed by atoms with van der Waals surface area (Å²) in [5, 5.41) is 0. The van der Waals surface area contributed by atoms with E-state index in [0.717, 1.165) is 24.1 Å². The largest absolute Gasteiger partial charge is 0.458 e. The molecule has 0 saturated heterocycles. The van der Waals surface area contributed by atoms with Gasteiger partial charge in [0.2, 0.25) is 0 Å². The Labute approximate surface area is 96.4 Å². The molecule has 1 rings (SSSR count). The van der Waals surface area contributed by atoms with E-state index < -0.39 is 17.7 Å². The van der Waals surface area contributed by atoms with Crippen LogP contribution in [0.1, 0.15) is 24.0 Å². The van der Waals surface area contributed by atoms with Gasteiger partial charge in [-0.1, -0.05) is 37.6 Å². The molecule has 0 N–H and O–H groups in total. The SMILES string of the molecule is [CH2]CCCc1ccc(C(F)(F)C(F)(F)F)cc1. The molecule has 1 aromatic rings. The van der Waals surface area contributed by atoms with Crippen LogP contribution in [-0.2, 0) is 12.3 Å². The van der Waals surface area contributed by atoms with Crippen molar-refractivity contribution < 1.29 is 22.0 Å². The third-order valence-corrected chi connectivity index (χ3v) is 2.39. The Hall–Kier alpha value is -1.13. The van der Waals surface area contributed by atoms with Crippen LogP contribution in [0.4, 0.5) is 22.0 Å². The van der Waals surface area contributed by atoms with Crippen LogP contribution in [0.5, 0.6) is 0 Å². The maximum absolute atomic E-state index is 12.9. The van der Waals surface area contributed by atoms with Crippen LogP contribution in [0.15, 0.2) is 24.3 Å². The van der Waals surface area contributed by atoms with E-state index >= 15 is 0 Å². The predicted molar refractivity (Wildman–Crippen MR) is 54.7 cm³/mol. The summed E-state index contributed by atoms with van der Waals surface area (Å²) in [5.74, 6) is -4.79. The molecule has 17 heavy (non-hydrogen) atoms. The van der Waals surface area contributed by atoms with E-state index in [4.69, 9.17) is 0 Å². The average Bonchev–Trinajstić information content (AvgIpc) is 2.25. The van der Waals surface area contributed by atoms with Gasteiger partial charge in [0.15, 0.2) is 0 Å². The zero-order chi connectivity index (χ0) is 13.1. The number of rotatable bonds is 4. The fourth-order valence-corrected chi connectivity index (χ4v) is 1.37. The zero-order valence-electron chi connectivity index (χ0n) is 9.03. The molecule has 0 unspecified atom stereocenters. The van der Waals surface area contributed by atoms with Crippen molar-refractivity contribution in [3.8, 4) is 0 Å². The van der Waals surface area contributed by atoms with Crippen molar-refractivity contribution in [1.82, 2.24) is 0 Å². The smallest absolute Gasteiger partial charge is 0.191 e. The van der Waals surface area contributed by atoms with Gasteiger partial charge < -0.3 is 0 Å². The molecule has 1 aromatic carbocycles. The number of unbranched alkanes of at least 4 members (excludes halogenated alkanes) is 1. The minimum absolute atomic E-state index is 0.626. The second-order valence-corrected chi connectivity index (χ2v) is 3.73. The number of aryl methyl sites for hydroxylation is 1. The lowest BCUT2D eigenvalue weighted by atomic mass is 10.0. The molecule has 0 nitrogen and oxygen atoms in total. The van der Waals surface area contributed by atoms with Gasteiger partial charge in [-0.25, -0.2) is 0 Å². The second kappa shape index (κ2) is 5.02. The van der Waals surface area contributed by atoms with Crippen LogP contribution in [0, 0.1) is 6.92 Å². The van der Waals surface area contributed by atoms with Crippen molar-refractivity contribution in [2.45, 2.75) is 31.4 Å². The van der Waals surface area contributed by atoms with E-state index in [1.807, 2.05) is 0 Å².